The number of nitrogens with zero attached hydrogens (tertiary/aromatic N) is 1. The van der Waals surface area contributed by atoms with Gasteiger partial charge < -0.3 is 15.4 Å². The van der Waals surface area contributed by atoms with E-state index in [0.717, 1.165) is 11.6 Å². The number of aryl methyl sites for hydroxylation is 1. The Morgan fingerprint density at radius 1 is 1.44 bits per heavy atom. The molecule has 2 N–H and O–H groups in total. The minimum atomic E-state index is -0.447. The molecule has 0 saturated heterocycles. The summed E-state index contributed by atoms with van der Waals surface area (Å²) in [7, 11) is 0. The molecule has 1 aromatic heterocycles. The summed E-state index contributed by atoms with van der Waals surface area (Å²) < 4.78 is 5.12. The van der Waals surface area contributed by atoms with Crippen LogP contribution in [0.1, 0.15) is 30.7 Å². The lowest BCUT2D eigenvalue weighted by molar-refractivity contribution is 0.0528. The largest absolute Gasteiger partial charge is 0.444 e. The van der Waals surface area contributed by atoms with Crippen molar-refractivity contribution in [2.24, 2.45) is 0 Å². The molecule has 0 bridgehead atoms. The minimum Gasteiger partial charge on any atom is -0.444 e. The minimum absolute atomic E-state index is 0.377. The maximum absolute atomic E-state index is 11.3. The van der Waals surface area contributed by atoms with Crippen molar-refractivity contribution in [3.8, 4) is 0 Å². The maximum atomic E-state index is 11.3. The molecule has 0 unspecified atom stereocenters. The smallest absolute Gasteiger partial charge is 0.407 e. The Hall–Kier alpha value is -1.14. The first-order chi connectivity index (χ1) is 8.37. The van der Waals surface area contributed by atoms with Crippen LogP contribution in [-0.2, 0) is 11.3 Å². The first kappa shape index (κ1) is 14.9. The van der Waals surface area contributed by atoms with E-state index < -0.39 is 5.60 Å². The van der Waals surface area contributed by atoms with Gasteiger partial charge in [0.1, 0.15) is 5.60 Å². The molecule has 0 aliphatic rings. The van der Waals surface area contributed by atoms with E-state index in [1.165, 1.54) is 4.88 Å². The summed E-state index contributed by atoms with van der Waals surface area (Å²) in [5.74, 6) is 0. The zero-order valence-electron chi connectivity index (χ0n) is 11.4. The van der Waals surface area contributed by atoms with Crippen LogP contribution in [0, 0.1) is 6.92 Å². The van der Waals surface area contributed by atoms with Gasteiger partial charge in [0.15, 0.2) is 0 Å². The first-order valence-electron chi connectivity index (χ1n) is 5.96. The van der Waals surface area contributed by atoms with Crippen LogP contribution < -0.4 is 10.6 Å². The Morgan fingerprint density at radius 2 is 2.17 bits per heavy atom. The third-order valence-electron chi connectivity index (χ3n) is 1.94. The van der Waals surface area contributed by atoms with Crippen molar-refractivity contribution >= 4 is 17.4 Å². The highest BCUT2D eigenvalue weighted by molar-refractivity contribution is 7.11. The second-order valence-corrected chi connectivity index (χ2v) is 6.27. The van der Waals surface area contributed by atoms with Crippen LogP contribution in [0.25, 0.3) is 0 Å². The zero-order valence-corrected chi connectivity index (χ0v) is 12.2. The molecular weight excluding hydrogens is 250 g/mol. The topological polar surface area (TPSA) is 63.2 Å². The lowest BCUT2D eigenvalue weighted by Gasteiger charge is -2.19. The lowest BCUT2D eigenvalue weighted by Crippen LogP contribution is -2.36. The second-order valence-electron chi connectivity index (χ2n) is 4.95. The van der Waals surface area contributed by atoms with Crippen LogP contribution in [0.4, 0.5) is 4.79 Å². The molecule has 0 fully saturated rings. The molecule has 1 aromatic rings. The van der Waals surface area contributed by atoms with Crippen molar-refractivity contribution in [2.45, 2.75) is 39.8 Å². The van der Waals surface area contributed by atoms with E-state index >= 15 is 0 Å². The molecule has 6 heteroatoms. The molecule has 18 heavy (non-hydrogen) atoms. The van der Waals surface area contributed by atoms with E-state index in [1.54, 1.807) is 11.3 Å². The Bertz CT molecular complexity index is 385. The fraction of sp³-hybridized carbons (Fsp3) is 0.667. The molecule has 0 aromatic carbocycles. The summed E-state index contributed by atoms with van der Waals surface area (Å²) in [5.41, 5.74) is -0.447. The summed E-state index contributed by atoms with van der Waals surface area (Å²) in [4.78, 5) is 16.7. The summed E-state index contributed by atoms with van der Waals surface area (Å²) in [6.45, 7) is 9.55. The molecule has 0 saturated carbocycles. The Labute approximate surface area is 112 Å². The third-order valence-corrected chi connectivity index (χ3v) is 2.85. The van der Waals surface area contributed by atoms with Crippen LogP contribution in [0.3, 0.4) is 0 Å². The van der Waals surface area contributed by atoms with Crippen molar-refractivity contribution in [3.63, 3.8) is 0 Å². The zero-order chi connectivity index (χ0) is 13.6. The highest BCUT2D eigenvalue weighted by Gasteiger charge is 2.15. The number of carbonyl (C=O) groups excluding carboxylic acids is 1. The fourth-order valence-corrected chi connectivity index (χ4v) is 2.03. The van der Waals surface area contributed by atoms with Gasteiger partial charge in [-0.3, -0.25) is 0 Å². The number of ether oxygens (including phenoxy) is 1. The van der Waals surface area contributed by atoms with E-state index in [9.17, 15) is 4.79 Å². The van der Waals surface area contributed by atoms with Crippen LogP contribution >= 0.6 is 11.3 Å². The van der Waals surface area contributed by atoms with Crippen molar-refractivity contribution in [1.29, 1.82) is 0 Å². The number of thiazole rings is 1. The summed E-state index contributed by atoms with van der Waals surface area (Å²) in [5, 5.41) is 7.00. The van der Waals surface area contributed by atoms with Gasteiger partial charge in [0.05, 0.1) is 5.01 Å². The maximum Gasteiger partial charge on any atom is 0.407 e. The Balaban J connectivity index is 2.07. The van der Waals surface area contributed by atoms with Gasteiger partial charge in [0.2, 0.25) is 0 Å². The van der Waals surface area contributed by atoms with Crippen LogP contribution in [0.15, 0.2) is 6.20 Å². The van der Waals surface area contributed by atoms with Crippen molar-refractivity contribution in [1.82, 2.24) is 15.6 Å². The van der Waals surface area contributed by atoms with Gasteiger partial charge in [-0.25, -0.2) is 9.78 Å². The number of rotatable bonds is 5. The number of hydrogen-bond donors (Lipinski definition) is 2. The van der Waals surface area contributed by atoms with Crippen molar-refractivity contribution < 1.29 is 9.53 Å². The molecule has 102 valence electrons. The number of aromatic nitrogens is 1. The van der Waals surface area contributed by atoms with Crippen LogP contribution in [-0.4, -0.2) is 29.8 Å². The van der Waals surface area contributed by atoms with E-state index in [1.807, 2.05) is 33.9 Å². The highest BCUT2D eigenvalue weighted by Crippen LogP contribution is 2.10. The van der Waals surface area contributed by atoms with Gasteiger partial charge >= 0.3 is 6.09 Å². The van der Waals surface area contributed by atoms with E-state index in [0.29, 0.717) is 13.1 Å². The standard InChI is InChI=1S/C12H21N3O2S/c1-9-15-8-10(18-9)7-13-5-6-14-11(16)17-12(2,3)4/h8,13H,5-7H2,1-4H3,(H,14,16). The molecule has 5 nitrogen and oxygen atoms in total. The highest BCUT2D eigenvalue weighted by atomic mass is 32.1. The Kier molecular flexibility index (Phi) is 5.55. The molecule has 0 aliphatic carbocycles. The number of amides is 1. The summed E-state index contributed by atoms with van der Waals surface area (Å²) >= 11 is 1.67. The molecule has 0 atom stereocenters. The normalized spacial score (nSPS) is 11.3. The molecule has 1 rings (SSSR count). The molecular formula is C12H21N3O2S. The van der Waals surface area contributed by atoms with Crippen molar-refractivity contribution in [3.05, 3.63) is 16.1 Å². The monoisotopic (exact) mass is 271 g/mol. The van der Waals surface area contributed by atoms with Gasteiger partial charge in [-0.1, -0.05) is 0 Å². The van der Waals surface area contributed by atoms with Gasteiger partial charge in [-0.15, -0.1) is 11.3 Å². The molecule has 1 heterocycles. The average molecular weight is 271 g/mol. The quantitative estimate of drug-likeness (QED) is 0.805. The Morgan fingerprint density at radius 3 is 2.72 bits per heavy atom. The molecule has 1 amide bonds. The van der Waals surface area contributed by atoms with Crippen molar-refractivity contribution in [2.75, 3.05) is 13.1 Å². The second kappa shape index (κ2) is 6.70. The van der Waals surface area contributed by atoms with Gasteiger partial charge in [0, 0.05) is 30.7 Å². The summed E-state index contributed by atoms with van der Waals surface area (Å²) in [6.07, 6.45) is 1.49. The SMILES string of the molecule is Cc1ncc(CNCCNC(=O)OC(C)(C)C)s1. The van der Waals surface area contributed by atoms with E-state index in [4.69, 9.17) is 4.74 Å². The number of nitrogens with one attached hydrogen (secondary N) is 2. The first-order valence-corrected chi connectivity index (χ1v) is 6.77. The predicted octanol–water partition coefficient (Wildman–Crippen LogP) is 2.07. The van der Waals surface area contributed by atoms with Crippen LogP contribution in [0.2, 0.25) is 0 Å². The number of alkyl carbamates (subject to hydrolysis) is 1. The average Bonchev–Trinajstić information content (AvgIpc) is 2.61. The van der Waals surface area contributed by atoms with Gasteiger partial charge in [0.25, 0.3) is 0 Å². The molecule has 0 spiro atoms. The summed E-state index contributed by atoms with van der Waals surface area (Å²) in [6, 6.07) is 0. The van der Waals surface area contributed by atoms with E-state index in [-0.39, 0.29) is 6.09 Å². The molecule has 0 radical (unpaired) electrons. The number of hydrogen-bond acceptors (Lipinski definition) is 5. The third kappa shape index (κ3) is 6.56. The fourth-order valence-electron chi connectivity index (χ4n) is 1.27. The van der Waals surface area contributed by atoms with E-state index in [2.05, 4.69) is 15.6 Å². The predicted molar refractivity (Wildman–Crippen MR) is 72.8 cm³/mol. The number of carbonyl (C=O) groups is 1. The lowest BCUT2D eigenvalue weighted by atomic mass is 10.2. The van der Waals surface area contributed by atoms with Gasteiger partial charge in [-0.2, -0.15) is 0 Å². The van der Waals surface area contributed by atoms with Crippen LogP contribution in [0.5, 0.6) is 0 Å². The van der Waals surface area contributed by atoms with Gasteiger partial charge in [-0.05, 0) is 27.7 Å². The molecule has 0 aliphatic heterocycles.